The monoisotopic (exact) mass is 505 g/mol. The predicted octanol–water partition coefficient (Wildman–Crippen LogP) is 4.44. The number of ether oxygens (including phenoxy) is 1. The molecule has 0 saturated carbocycles. The van der Waals surface area contributed by atoms with Gasteiger partial charge in [-0.15, -0.1) is 0 Å². The molecule has 10 nitrogen and oxygen atoms in total. The number of para-hydroxylation sites is 1. The lowest BCUT2D eigenvalue weighted by molar-refractivity contribution is 0.113. The lowest BCUT2D eigenvalue weighted by atomic mass is 10.1. The number of aromatic nitrogens is 1. The molecule has 0 aliphatic heterocycles. The third-order valence-corrected chi connectivity index (χ3v) is 6.07. The maximum absolute atomic E-state index is 13.9. The Bertz CT molecular complexity index is 1160. The lowest BCUT2D eigenvalue weighted by Gasteiger charge is -2.28. The van der Waals surface area contributed by atoms with Crippen LogP contribution in [0.2, 0.25) is 0 Å². The number of urea groups is 1. The summed E-state index contributed by atoms with van der Waals surface area (Å²) in [5.41, 5.74) is 0.768. The van der Waals surface area contributed by atoms with Gasteiger partial charge in [0.15, 0.2) is 16.8 Å². The zero-order chi connectivity index (χ0) is 25.2. The van der Waals surface area contributed by atoms with Gasteiger partial charge in [0.2, 0.25) is 0 Å². The van der Waals surface area contributed by atoms with Crippen LogP contribution in [0.15, 0.2) is 52.8 Å². The van der Waals surface area contributed by atoms with E-state index in [0.717, 1.165) is 16.3 Å². The molecule has 3 aromatic rings. The lowest BCUT2D eigenvalue weighted by Crippen LogP contribution is -2.46. The summed E-state index contributed by atoms with van der Waals surface area (Å²) in [6.07, 6.45) is 0.224. The first kappa shape index (κ1) is 25.7. The molecule has 1 atom stereocenters. The van der Waals surface area contributed by atoms with Crippen LogP contribution in [0.25, 0.3) is 10.2 Å². The Morgan fingerprint density at radius 1 is 1.23 bits per heavy atom. The third-order valence-electron chi connectivity index (χ3n) is 5.12. The number of carbonyl (C=O) groups excluding carboxylic acids is 2. The number of nitrogens with one attached hydrogen (secondary N) is 2. The zero-order valence-corrected chi connectivity index (χ0v) is 19.7. The number of nitrogens with two attached hydrogens (primary N) is 1. The first-order valence-corrected chi connectivity index (χ1v) is 11.5. The molecule has 0 aliphatic rings. The summed E-state index contributed by atoms with van der Waals surface area (Å²) >= 11 is 1.31. The Morgan fingerprint density at radius 2 is 2.03 bits per heavy atom. The maximum atomic E-state index is 13.9. The van der Waals surface area contributed by atoms with Crippen molar-refractivity contribution in [2.75, 3.05) is 25.5 Å². The van der Waals surface area contributed by atoms with Gasteiger partial charge in [-0.1, -0.05) is 40.8 Å². The molecule has 186 valence electrons. The number of rotatable bonds is 10. The van der Waals surface area contributed by atoms with Gasteiger partial charge in [-0.05, 0) is 31.0 Å². The number of halogens is 2. The Kier molecular flexibility index (Phi) is 9.23. The molecule has 35 heavy (non-hydrogen) atoms. The number of benzene rings is 2. The van der Waals surface area contributed by atoms with Crippen LogP contribution < -0.4 is 16.5 Å². The van der Waals surface area contributed by atoms with Crippen LogP contribution in [0.1, 0.15) is 18.4 Å². The quantitative estimate of drug-likeness (QED) is 0.162. The number of likely N-dealkylation sites (N-methyl/N-ethyl adjacent to an activating group) is 1. The molecule has 1 aromatic heterocycles. The summed E-state index contributed by atoms with van der Waals surface area (Å²) in [6.45, 7) is 0.00340. The smallest absolute Gasteiger partial charge is 0.413 e. The molecule has 2 aromatic carbocycles. The van der Waals surface area contributed by atoms with Crippen molar-refractivity contribution in [3.05, 3.63) is 59.7 Å². The minimum atomic E-state index is -1.02. The highest BCUT2D eigenvalue weighted by atomic mass is 32.1. The van der Waals surface area contributed by atoms with Gasteiger partial charge in [-0.2, -0.15) is 5.11 Å². The summed E-state index contributed by atoms with van der Waals surface area (Å²) in [5, 5.41) is 12.4. The molecule has 13 heteroatoms. The topological polar surface area (TPSA) is 134 Å². The van der Waals surface area contributed by atoms with E-state index in [4.69, 9.17) is 10.6 Å². The van der Waals surface area contributed by atoms with Crippen LogP contribution in [0.3, 0.4) is 0 Å². The van der Waals surface area contributed by atoms with Gasteiger partial charge in [-0.25, -0.2) is 23.4 Å². The van der Waals surface area contributed by atoms with E-state index in [1.807, 2.05) is 24.3 Å². The fraction of sp³-hybridized carbons (Fsp3) is 0.318. The van der Waals surface area contributed by atoms with Crippen LogP contribution >= 0.6 is 11.3 Å². The van der Waals surface area contributed by atoms with Gasteiger partial charge >= 0.3 is 12.1 Å². The van der Waals surface area contributed by atoms with Crippen LogP contribution in [-0.2, 0) is 11.3 Å². The Balaban J connectivity index is 1.57. The number of nitrogens with zero attached hydrogens (tertiary/aromatic N) is 4. The van der Waals surface area contributed by atoms with Crippen molar-refractivity contribution in [2.24, 2.45) is 16.2 Å². The minimum Gasteiger partial charge on any atom is -0.447 e. The predicted molar refractivity (Wildman–Crippen MR) is 128 cm³/mol. The van der Waals surface area contributed by atoms with E-state index < -0.39 is 29.8 Å². The second-order valence-electron chi connectivity index (χ2n) is 7.47. The molecule has 1 heterocycles. The van der Waals surface area contributed by atoms with E-state index in [0.29, 0.717) is 24.5 Å². The highest BCUT2D eigenvalue weighted by molar-refractivity contribution is 7.22. The van der Waals surface area contributed by atoms with Gasteiger partial charge in [-0.3, -0.25) is 5.32 Å². The Morgan fingerprint density at radius 3 is 2.80 bits per heavy atom. The number of hydrogen-bond donors (Lipinski definition) is 3. The average Bonchev–Trinajstić information content (AvgIpc) is 3.26. The van der Waals surface area contributed by atoms with Crippen molar-refractivity contribution in [2.45, 2.75) is 25.4 Å². The van der Waals surface area contributed by atoms with Crippen molar-refractivity contribution in [1.82, 2.24) is 15.2 Å². The van der Waals surface area contributed by atoms with E-state index >= 15 is 0 Å². The number of amides is 3. The van der Waals surface area contributed by atoms with E-state index in [-0.39, 0.29) is 18.7 Å². The zero-order valence-electron chi connectivity index (χ0n) is 18.9. The van der Waals surface area contributed by atoms with E-state index in [9.17, 15) is 18.4 Å². The molecule has 0 fully saturated rings. The molecule has 4 N–H and O–H groups in total. The molecule has 0 bridgehead atoms. The Labute approximate surface area is 204 Å². The second kappa shape index (κ2) is 12.6. The van der Waals surface area contributed by atoms with Gasteiger partial charge < -0.3 is 20.8 Å². The molecule has 0 unspecified atom stereocenters. The third kappa shape index (κ3) is 7.30. The van der Waals surface area contributed by atoms with Gasteiger partial charge in [0.1, 0.15) is 6.61 Å². The molecular formula is C22H25F2N7O3S. The first-order valence-electron chi connectivity index (χ1n) is 10.7. The fourth-order valence-corrected chi connectivity index (χ4v) is 4.06. The number of fused-ring (bicyclic) bond motifs is 1. The summed E-state index contributed by atoms with van der Waals surface area (Å²) in [5.74, 6) is 3.00. The van der Waals surface area contributed by atoms with Crippen molar-refractivity contribution >= 4 is 38.8 Å². The van der Waals surface area contributed by atoms with Crippen LogP contribution in [0.5, 0.6) is 0 Å². The highest BCUT2D eigenvalue weighted by Crippen LogP contribution is 2.25. The van der Waals surface area contributed by atoms with Gasteiger partial charge in [0.25, 0.3) is 0 Å². The van der Waals surface area contributed by atoms with Crippen LogP contribution in [-0.4, -0.2) is 48.2 Å². The number of anilines is 1. The molecule has 3 amide bonds. The minimum absolute atomic E-state index is 0.0121. The standard InChI is InChI=1S/C22H25F2N7O3S/c1-31(21(32)26-12-14-6-4-8-16(23)19(14)24)15(7-5-11-27-30-25)13-34-22(33)29-20-28-17-9-2-3-10-18(17)35-20/h2-4,6,8-10,15H,5,7,11-13H2,1H3,(H2,25,27)(H,26,32)(H,28,29,33)/t15-/m0/s1. The normalized spacial score (nSPS) is 12.0. The van der Waals surface area contributed by atoms with E-state index in [1.54, 1.807) is 0 Å². The van der Waals surface area contributed by atoms with Crippen molar-refractivity contribution < 1.29 is 23.1 Å². The molecule has 0 saturated heterocycles. The summed E-state index contributed by atoms with van der Waals surface area (Å²) in [4.78, 5) is 30.6. The maximum Gasteiger partial charge on any atom is 0.413 e. The average molecular weight is 506 g/mol. The number of thiazole rings is 1. The first-order chi connectivity index (χ1) is 16.9. The van der Waals surface area contributed by atoms with Crippen molar-refractivity contribution in [3.63, 3.8) is 0 Å². The van der Waals surface area contributed by atoms with Crippen LogP contribution in [0.4, 0.5) is 23.5 Å². The van der Waals surface area contributed by atoms with Crippen molar-refractivity contribution in [1.29, 1.82) is 0 Å². The second-order valence-corrected chi connectivity index (χ2v) is 8.50. The van der Waals surface area contributed by atoms with Crippen LogP contribution in [0, 0.1) is 11.6 Å². The van der Waals surface area contributed by atoms with Gasteiger partial charge in [0, 0.05) is 19.2 Å². The van der Waals surface area contributed by atoms with E-state index in [1.165, 1.54) is 35.4 Å². The number of hydrogen-bond acceptors (Lipinski definition) is 7. The SMILES string of the molecule is CN(C(=O)NCc1cccc(F)c1F)[C@@H](CCCN=NN)COC(=O)Nc1nc2ccccc2s1. The number of carbonyl (C=O) groups is 2. The molecule has 0 spiro atoms. The highest BCUT2D eigenvalue weighted by Gasteiger charge is 2.22. The summed E-state index contributed by atoms with van der Waals surface area (Å²) in [6, 6.07) is 10.1. The molecular weight excluding hydrogens is 480 g/mol. The summed E-state index contributed by atoms with van der Waals surface area (Å²) < 4.78 is 33.5. The molecule has 0 aliphatic carbocycles. The molecule has 3 rings (SSSR count). The largest absolute Gasteiger partial charge is 0.447 e. The molecule has 0 radical (unpaired) electrons. The Hall–Kier alpha value is -3.87. The van der Waals surface area contributed by atoms with Gasteiger partial charge in [0.05, 0.1) is 22.8 Å². The van der Waals surface area contributed by atoms with Crippen molar-refractivity contribution in [3.8, 4) is 0 Å². The summed E-state index contributed by atoms with van der Waals surface area (Å²) in [7, 11) is 1.52. The fourth-order valence-electron chi connectivity index (χ4n) is 3.21. The van der Waals surface area contributed by atoms with E-state index in [2.05, 4.69) is 26.0 Å².